The maximum absolute atomic E-state index is 12.5. The van der Waals surface area contributed by atoms with Crippen LogP contribution in [0.5, 0.6) is 0 Å². The van der Waals surface area contributed by atoms with Gasteiger partial charge in [-0.15, -0.1) is 0 Å². The van der Waals surface area contributed by atoms with Crippen LogP contribution in [0.1, 0.15) is 25.3 Å². The Morgan fingerprint density at radius 3 is 2.91 bits per heavy atom. The Hall–Kier alpha value is -1.14. The Kier molecular flexibility index (Phi) is 4.41. The van der Waals surface area contributed by atoms with Crippen molar-refractivity contribution in [3.8, 4) is 0 Å². The number of fused-ring (bicyclic) bond motifs is 1. The fourth-order valence-corrected chi connectivity index (χ4v) is 3.90. The molecule has 0 amide bonds. The van der Waals surface area contributed by atoms with Crippen molar-refractivity contribution in [2.75, 3.05) is 13.1 Å². The highest BCUT2D eigenvalue weighted by atomic mass is 32.2. The van der Waals surface area contributed by atoms with E-state index in [4.69, 9.17) is 0 Å². The number of hydrogen-bond acceptors (Lipinski definition) is 2. The maximum Gasteiger partial charge on any atom is 0.446 e. The lowest BCUT2D eigenvalue weighted by molar-refractivity contribution is -0.0328. The standard InChI is InChI=1S/C16H19F3N2S/c1-2-21-7-3-4-12(21)8-11-10-20-15-6-5-13(9-14(11)15)22-16(17,18)19/h5-6,9-10,12,20H,2-4,7-8H2,1H3/t12-/m1/s1. The van der Waals surface area contributed by atoms with Crippen LogP contribution in [0.4, 0.5) is 13.2 Å². The second-order valence-electron chi connectivity index (χ2n) is 5.70. The summed E-state index contributed by atoms with van der Waals surface area (Å²) in [6.07, 6.45) is 5.21. The largest absolute Gasteiger partial charge is 0.446 e. The van der Waals surface area contributed by atoms with Gasteiger partial charge in [-0.2, -0.15) is 13.2 Å². The number of likely N-dealkylation sites (N-methyl/N-ethyl adjacent to an activating group) is 1. The number of thioether (sulfide) groups is 1. The monoisotopic (exact) mass is 328 g/mol. The van der Waals surface area contributed by atoms with Crippen LogP contribution < -0.4 is 0 Å². The molecule has 1 N–H and O–H groups in total. The number of aromatic nitrogens is 1. The molecule has 0 aliphatic carbocycles. The van der Waals surface area contributed by atoms with Crippen molar-refractivity contribution in [1.82, 2.24) is 9.88 Å². The molecule has 0 bridgehead atoms. The molecule has 1 aliphatic rings. The predicted molar refractivity (Wildman–Crippen MR) is 84.2 cm³/mol. The van der Waals surface area contributed by atoms with Crippen LogP contribution in [0.3, 0.4) is 0 Å². The SMILES string of the molecule is CCN1CCC[C@@H]1Cc1c[nH]c2ccc(SC(F)(F)F)cc12. The van der Waals surface area contributed by atoms with E-state index in [1.165, 1.54) is 12.5 Å². The van der Waals surface area contributed by atoms with E-state index in [2.05, 4.69) is 16.8 Å². The average molecular weight is 328 g/mol. The van der Waals surface area contributed by atoms with Gasteiger partial charge in [0.1, 0.15) is 0 Å². The summed E-state index contributed by atoms with van der Waals surface area (Å²) >= 11 is -0.0488. The van der Waals surface area contributed by atoms with Gasteiger partial charge in [-0.1, -0.05) is 6.92 Å². The van der Waals surface area contributed by atoms with Gasteiger partial charge in [0.25, 0.3) is 0 Å². The lowest BCUT2D eigenvalue weighted by atomic mass is 10.0. The number of aromatic amines is 1. The molecule has 0 saturated carbocycles. The van der Waals surface area contributed by atoms with Crippen molar-refractivity contribution in [3.05, 3.63) is 30.0 Å². The lowest BCUT2D eigenvalue weighted by Crippen LogP contribution is -2.30. The summed E-state index contributed by atoms with van der Waals surface area (Å²) in [7, 11) is 0. The van der Waals surface area contributed by atoms with E-state index < -0.39 is 5.51 Å². The molecule has 1 aromatic heterocycles. The summed E-state index contributed by atoms with van der Waals surface area (Å²) in [5.74, 6) is 0. The Morgan fingerprint density at radius 2 is 2.18 bits per heavy atom. The normalized spacial score (nSPS) is 20.1. The summed E-state index contributed by atoms with van der Waals surface area (Å²) in [5.41, 5.74) is -2.22. The molecule has 6 heteroatoms. The first kappa shape index (κ1) is 15.7. The summed E-state index contributed by atoms with van der Waals surface area (Å²) in [6, 6.07) is 5.42. The molecule has 1 atom stereocenters. The Balaban J connectivity index is 1.85. The lowest BCUT2D eigenvalue weighted by Gasteiger charge is -2.22. The first-order chi connectivity index (χ1) is 10.5. The summed E-state index contributed by atoms with van der Waals surface area (Å²) < 4.78 is 37.6. The van der Waals surface area contributed by atoms with Gasteiger partial charge in [0, 0.05) is 28.0 Å². The number of nitrogens with zero attached hydrogens (tertiary/aromatic N) is 1. The maximum atomic E-state index is 12.5. The van der Waals surface area contributed by atoms with Gasteiger partial charge in [-0.05, 0) is 67.9 Å². The van der Waals surface area contributed by atoms with Crippen LogP contribution >= 0.6 is 11.8 Å². The van der Waals surface area contributed by atoms with Crippen LogP contribution in [0.15, 0.2) is 29.3 Å². The van der Waals surface area contributed by atoms with E-state index in [0.717, 1.165) is 42.4 Å². The van der Waals surface area contributed by atoms with Crippen molar-refractivity contribution >= 4 is 22.7 Å². The quantitative estimate of drug-likeness (QED) is 0.813. The van der Waals surface area contributed by atoms with Gasteiger partial charge in [0.2, 0.25) is 0 Å². The molecular formula is C16H19F3N2S. The molecule has 1 fully saturated rings. The van der Waals surface area contributed by atoms with Gasteiger partial charge in [-0.3, -0.25) is 0 Å². The molecule has 0 unspecified atom stereocenters. The smallest absolute Gasteiger partial charge is 0.361 e. The third-order valence-electron chi connectivity index (χ3n) is 4.33. The number of H-pyrrole nitrogens is 1. The number of nitrogens with one attached hydrogen (secondary N) is 1. The number of likely N-dealkylation sites (tertiary alicyclic amines) is 1. The van der Waals surface area contributed by atoms with Crippen molar-refractivity contribution in [2.45, 2.75) is 42.6 Å². The summed E-state index contributed by atoms with van der Waals surface area (Å²) in [4.78, 5) is 5.88. The third-order valence-corrected chi connectivity index (χ3v) is 5.05. The Morgan fingerprint density at radius 1 is 1.36 bits per heavy atom. The molecule has 2 nitrogen and oxygen atoms in total. The number of benzene rings is 1. The van der Waals surface area contributed by atoms with Crippen molar-refractivity contribution in [2.24, 2.45) is 0 Å². The van der Waals surface area contributed by atoms with Crippen LogP contribution in [-0.4, -0.2) is 34.5 Å². The van der Waals surface area contributed by atoms with Gasteiger partial charge in [0.15, 0.2) is 0 Å². The number of halogens is 3. The van der Waals surface area contributed by atoms with E-state index >= 15 is 0 Å². The van der Waals surface area contributed by atoms with Crippen LogP contribution in [0, 0.1) is 0 Å². The van der Waals surface area contributed by atoms with Crippen molar-refractivity contribution in [1.29, 1.82) is 0 Å². The predicted octanol–water partition coefficient (Wildman–Crippen LogP) is 4.81. The fraction of sp³-hybridized carbons (Fsp3) is 0.500. The zero-order valence-electron chi connectivity index (χ0n) is 12.4. The fourth-order valence-electron chi connectivity index (χ4n) is 3.32. The van der Waals surface area contributed by atoms with E-state index in [1.807, 2.05) is 6.20 Å². The number of alkyl halides is 3. The molecule has 1 aliphatic heterocycles. The molecule has 22 heavy (non-hydrogen) atoms. The average Bonchev–Trinajstić information content (AvgIpc) is 3.04. The van der Waals surface area contributed by atoms with E-state index in [0.29, 0.717) is 6.04 Å². The van der Waals surface area contributed by atoms with E-state index in [9.17, 15) is 13.2 Å². The Labute approximate surface area is 132 Å². The highest BCUT2D eigenvalue weighted by Gasteiger charge is 2.29. The third kappa shape index (κ3) is 3.43. The molecule has 3 rings (SSSR count). The molecule has 120 valence electrons. The minimum absolute atomic E-state index is 0.0488. The van der Waals surface area contributed by atoms with Gasteiger partial charge >= 0.3 is 5.51 Å². The highest BCUT2D eigenvalue weighted by molar-refractivity contribution is 8.00. The molecule has 0 spiro atoms. The van der Waals surface area contributed by atoms with Crippen molar-refractivity contribution < 1.29 is 13.2 Å². The van der Waals surface area contributed by atoms with Crippen LogP contribution in [0.25, 0.3) is 10.9 Å². The molecule has 1 saturated heterocycles. The highest BCUT2D eigenvalue weighted by Crippen LogP contribution is 2.38. The molecular weight excluding hydrogens is 309 g/mol. The Bertz CT molecular complexity index is 650. The molecule has 0 radical (unpaired) electrons. The first-order valence-corrected chi connectivity index (χ1v) is 8.37. The second kappa shape index (κ2) is 6.16. The molecule has 2 aromatic rings. The minimum Gasteiger partial charge on any atom is -0.361 e. The summed E-state index contributed by atoms with van der Waals surface area (Å²) in [5, 5.41) is 0.914. The molecule has 1 aromatic carbocycles. The van der Waals surface area contributed by atoms with Crippen molar-refractivity contribution in [3.63, 3.8) is 0 Å². The minimum atomic E-state index is -4.24. The van der Waals surface area contributed by atoms with Crippen LogP contribution in [0.2, 0.25) is 0 Å². The zero-order chi connectivity index (χ0) is 15.7. The number of hydrogen-bond donors (Lipinski definition) is 1. The van der Waals surface area contributed by atoms with Crippen LogP contribution in [-0.2, 0) is 6.42 Å². The van der Waals surface area contributed by atoms with Gasteiger partial charge in [0.05, 0.1) is 0 Å². The van der Waals surface area contributed by atoms with E-state index in [1.54, 1.807) is 12.1 Å². The van der Waals surface area contributed by atoms with E-state index in [-0.39, 0.29) is 16.7 Å². The topological polar surface area (TPSA) is 19.0 Å². The molecule has 2 heterocycles. The number of rotatable bonds is 4. The van der Waals surface area contributed by atoms with Gasteiger partial charge < -0.3 is 9.88 Å². The van der Waals surface area contributed by atoms with Gasteiger partial charge in [-0.25, -0.2) is 0 Å². The second-order valence-corrected chi connectivity index (χ2v) is 6.84. The zero-order valence-corrected chi connectivity index (χ0v) is 13.2. The first-order valence-electron chi connectivity index (χ1n) is 7.56. The summed E-state index contributed by atoms with van der Waals surface area (Å²) in [6.45, 7) is 4.31.